The maximum Gasteiger partial charge on any atom is 0.232 e. The average Bonchev–Trinajstić information content (AvgIpc) is 2.42. The van der Waals surface area contributed by atoms with Crippen LogP contribution in [-0.4, -0.2) is 42.7 Å². The molecule has 1 aliphatic heterocycles. The van der Waals surface area contributed by atoms with E-state index in [9.17, 15) is 4.79 Å². The molecule has 1 N–H and O–H groups in total. The first-order valence-corrected chi connectivity index (χ1v) is 7.60. The van der Waals surface area contributed by atoms with E-state index in [2.05, 4.69) is 5.32 Å². The Hall–Kier alpha value is -0.710. The molecule has 1 aliphatic rings. The summed E-state index contributed by atoms with van der Waals surface area (Å²) in [6.07, 6.45) is 0. The van der Waals surface area contributed by atoms with Crippen LogP contribution in [0.15, 0.2) is 24.3 Å². The number of carbonyl (C=O) groups is 1. The van der Waals surface area contributed by atoms with Gasteiger partial charge in [-0.25, -0.2) is 0 Å². The summed E-state index contributed by atoms with van der Waals surface area (Å²) in [6, 6.07) is 7.78. The lowest BCUT2D eigenvalue weighted by atomic mass is 10.2. The zero-order valence-corrected chi connectivity index (χ0v) is 11.8. The van der Waals surface area contributed by atoms with Crippen LogP contribution < -0.4 is 5.32 Å². The summed E-state index contributed by atoms with van der Waals surface area (Å²) in [4.78, 5) is 13.8. The Morgan fingerprint density at radius 3 is 2.78 bits per heavy atom. The summed E-state index contributed by atoms with van der Waals surface area (Å²) in [7, 11) is 0. The predicted octanol–water partition coefficient (Wildman–Crippen LogP) is 2.00. The zero-order chi connectivity index (χ0) is 12.8. The third-order valence-corrected chi connectivity index (χ3v) is 4.25. The molecule has 2 rings (SSSR count). The minimum Gasteiger partial charge on any atom is -0.339 e. The van der Waals surface area contributed by atoms with E-state index < -0.39 is 0 Å². The maximum absolute atomic E-state index is 11.9. The van der Waals surface area contributed by atoms with Crippen LogP contribution in [0, 0.1) is 0 Å². The van der Waals surface area contributed by atoms with Crippen molar-refractivity contribution in [3.8, 4) is 0 Å². The second-order valence-electron chi connectivity index (χ2n) is 4.21. The molecule has 1 heterocycles. The number of nitrogens with zero attached hydrogens (tertiary/aromatic N) is 1. The molecule has 0 saturated carbocycles. The quantitative estimate of drug-likeness (QED) is 0.918. The highest BCUT2D eigenvalue weighted by Crippen LogP contribution is 2.20. The second-order valence-corrected chi connectivity index (χ2v) is 5.61. The standard InChI is InChI=1S/C13H17ClN2OS/c14-12-4-2-1-3-11(12)9-18-10-13(17)16-7-5-15-6-8-16/h1-4,15H,5-10H2. The minimum atomic E-state index is 0.230. The van der Waals surface area contributed by atoms with Crippen LogP contribution in [0.3, 0.4) is 0 Å². The smallest absolute Gasteiger partial charge is 0.232 e. The van der Waals surface area contributed by atoms with Gasteiger partial charge in [-0.3, -0.25) is 4.79 Å². The molecule has 18 heavy (non-hydrogen) atoms. The Labute approximate surface area is 117 Å². The fraction of sp³-hybridized carbons (Fsp3) is 0.462. The molecule has 98 valence electrons. The Kier molecular flexibility index (Phi) is 5.35. The Bertz CT molecular complexity index is 408. The van der Waals surface area contributed by atoms with Crippen molar-refractivity contribution < 1.29 is 4.79 Å². The van der Waals surface area contributed by atoms with Gasteiger partial charge in [-0.15, -0.1) is 11.8 Å². The number of piperazine rings is 1. The van der Waals surface area contributed by atoms with Gasteiger partial charge in [0.25, 0.3) is 0 Å². The van der Waals surface area contributed by atoms with Gasteiger partial charge in [-0.05, 0) is 11.6 Å². The van der Waals surface area contributed by atoms with Crippen LogP contribution in [0.25, 0.3) is 0 Å². The number of nitrogens with one attached hydrogen (secondary N) is 1. The maximum atomic E-state index is 11.9. The van der Waals surface area contributed by atoms with E-state index >= 15 is 0 Å². The lowest BCUT2D eigenvalue weighted by Gasteiger charge is -2.27. The van der Waals surface area contributed by atoms with Gasteiger partial charge in [-0.2, -0.15) is 0 Å². The fourth-order valence-electron chi connectivity index (χ4n) is 1.87. The molecule has 0 atom stereocenters. The number of carbonyl (C=O) groups excluding carboxylic acids is 1. The molecule has 0 spiro atoms. The second kappa shape index (κ2) is 7.02. The molecule has 0 aromatic heterocycles. The van der Waals surface area contributed by atoms with E-state index in [4.69, 9.17) is 11.6 Å². The van der Waals surface area contributed by atoms with Crippen LogP contribution in [0.4, 0.5) is 0 Å². The van der Waals surface area contributed by atoms with E-state index in [-0.39, 0.29) is 5.91 Å². The number of hydrogen-bond acceptors (Lipinski definition) is 3. The van der Waals surface area contributed by atoms with Gasteiger partial charge < -0.3 is 10.2 Å². The first-order valence-electron chi connectivity index (χ1n) is 6.07. The SMILES string of the molecule is O=C(CSCc1ccccc1Cl)N1CCNCC1. The van der Waals surface area contributed by atoms with Crippen LogP contribution in [-0.2, 0) is 10.5 Å². The monoisotopic (exact) mass is 284 g/mol. The summed E-state index contributed by atoms with van der Waals surface area (Å²) in [5, 5.41) is 4.02. The zero-order valence-electron chi connectivity index (χ0n) is 10.2. The molecule has 5 heteroatoms. The third-order valence-electron chi connectivity index (χ3n) is 2.91. The van der Waals surface area contributed by atoms with Crippen LogP contribution in [0.2, 0.25) is 5.02 Å². The lowest BCUT2D eigenvalue weighted by Crippen LogP contribution is -2.47. The molecule has 0 unspecified atom stereocenters. The number of hydrogen-bond donors (Lipinski definition) is 1. The Balaban J connectivity index is 1.75. The van der Waals surface area contributed by atoms with E-state index in [1.165, 1.54) is 0 Å². The summed E-state index contributed by atoms with van der Waals surface area (Å²) in [5.41, 5.74) is 1.09. The molecular weight excluding hydrogens is 268 g/mol. The Morgan fingerprint density at radius 1 is 1.33 bits per heavy atom. The highest BCUT2D eigenvalue weighted by molar-refractivity contribution is 7.99. The molecular formula is C13H17ClN2OS. The predicted molar refractivity (Wildman–Crippen MR) is 77.1 cm³/mol. The molecule has 1 aromatic carbocycles. The van der Waals surface area contributed by atoms with Gasteiger partial charge in [0.2, 0.25) is 5.91 Å². The average molecular weight is 285 g/mol. The highest BCUT2D eigenvalue weighted by Gasteiger charge is 2.15. The van der Waals surface area contributed by atoms with Gasteiger partial charge in [0.15, 0.2) is 0 Å². The van der Waals surface area contributed by atoms with Crippen molar-refractivity contribution in [2.75, 3.05) is 31.9 Å². The molecule has 1 fully saturated rings. The van der Waals surface area contributed by atoms with E-state index in [1.54, 1.807) is 11.8 Å². The Morgan fingerprint density at radius 2 is 2.06 bits per heavy atom. The summed E-state index contributed by atoms with van der Waals surface area (Å²) < 4.78 is 0. The van der Waals surface area contributed by atoms with Gasteiger partial charge >= 0.3 is 0 Å². The van der Waals surface area contributed by atoms with Crippen molar-refractivity contribution in [3.63, 3.8) is 0 Å². The minimum absolute atomic E-state index is 0.230. The number of rotatable bonds is 4. The van der Waals surface area contributed by atoms with Crippen molar-refractivity contribution in [3.05, 3.63) is 34.9 Å². The van der Waals surface area contributed by atoms with Gasteiger partial charge in [0.1, 0.15) is 0 Å². The van der Waals surface area contributed by atoms with Crippen LogP contribution in [0.1, 0.15) is 5.56 Å². The van der Waals surface area contributed by atoms with Crippen molar-refractivity contribution in [2.45, 2.75) is 5.75 Å². The first-order chi connectivity index (χ1) is 8.77. The van der Waals surface area contributed by atoms with E-state index in [1.807, 2.05) is 29.2 Å². The number of amides is 1. The van der Waals surface area contributed by atoms with E-state index in [0.29, 0.717) is 5.75 Å². The molecule has 1 aromatic rings. The largest absolute Gasteiger partial charge is 0.339 e. The number of thioether (sulfide) groups is 1. The van der Waals surface area contributed by atoms with Crippen LogP contribution >= 0.6 is 23.4 Å². The summed E-state index contributed by atoms with van der Waals surface area (Å²) >= 11 is 7.70. The van der Waals surface area contributed by atoms with Crippen molar-refractivity contribution in [2.24, 2.45) is 0 Å². The fourth-order valence-corrected chi connectivity index (χ4v) is 3.08. The normalized spacial score (nSPS) is 15.7. The van der Waals surface area contributed by atoms with Gasteiger partial charge in [0.05, 0.1) is 5.75 Å². The van der Waals surface area contributed by atoms with Gasteiger partial charge in [0, 0.05) is 37.0 Å². The number of halogens is 1. The molecule has 3 nitrogen and oxygen atoms in total. The molecule has 0 radical (unpaired) electrons. The van der Waals surface area contributed by atoms with Gasteiger partial charge in [-0.1, -0.05) is 29.8 Å². The molecule has 0 bridgehead atoms. The van der Waals surface area contributed by atoms with Crippen molar-refractivity contribution in [1.29, 1.82) is 0 Å². The highest BCUT2D eigenvalue weighted by atomic mass is 35.5. The molecule has 0 aliphatic carbocycles. The summed E-state index contributed by atoms with van der Waals surface area (Å²) in [6.45, 7) is 3.46. The third kappa shape index (κ3) is 3.90. The van der Waals surface area contributed by atoms with E-state index in [0.717, 1.165) is 42.5 Å². The molecule has 1 saturated heterocycles. The first kappa shape index (κ1) is 13.7. The topological polar surface area (TPSA) is 32.3 Å². The van der Waals surface area contributed by atoms with Crippen molar-refractivity contribution >= 4 is 29.3 Å². The van der Waals surface area contributed by atoms with Crippen LogP contribution in [0.5, 0.6) is 0 Å². The lowest BCUT2D eigenvalue weighted by molar-refractivity contribution is -0.128. The number of benzene rings is 1. The summed E-state index contributed by atoms with van der Waals surface area (Å²) in [5.74, 6) is 1.55. The van der Waals surface area contributed by atoms with Crippen molar-refractivity contribution in [1.82, 2.24) is 10.2 Å². The molecule has 1 amide bonds.